The van der Waals surface area contributed by atoms with Crippen molar-refractivity contribution in [3.05, 3.63) is 23.3 Å². The molecule has 1 saturated carbocycles. The van der Waals surface area contributed by atoms with Gasteiger partial charge in [0.2, 0.25) is 10.0 Å². The second kappa shape index (κ2) is 10.5. The average molecular weight is 533 g/mol. The van der Waals surface area contributed by atoms with Crippen molar-refractivity contribution in [3.8, 4) is 0 Å². The summed E-state index contributed by atoms with van der Waals surface area (Å²) in [5, 5.41) is -0.0934. The summed E-state index contributed by atoms with van der Waals surface area (Å²) >= 11 is 0. The van der Waals surface area contributed by atoms with Crippen LogP contribution in [0, 0.1) is 19.8 Å². The van der Waals surface area contributed by atoms with Crippen molar-refractivity contribution < 1.29 is 13.2 Å². The number of aryl methyl sites for hydroxylation is 2. The van der Waals surface area contributed by atoms with E-state index in [4.69, 9.17) is 0 Å². The van der Waals surface area contributed by atoms with E-state index < -0.39 is 10.0 Å². The number of piperidine rings is 2. The fraction of sp³-hybridized carbons (Fsp3) is 0.815. The van der Waals surface area contributed by atoms with Crippen LogP contribution in [0.4, 0.5) is 0 Å². The summed E-state index contributed by atoms with van der Waals surface area (Å²) in [4.78, 5) is 28.9. The molecular formula is C27H44N6O3S. The first kappa shape index (κ1) is 27.0. The average Bonchev–Trinajstić information content (AvgIpc) is 3.72. The maximum Gasteiger partial charge on any atom is 0.257 e. The van der Waals surface area contributed by atoms with E-state index in [-0.39, 0.29) is 16.7 Å². The van der Waals surface area contributed by atoms with Crippen LogP contribution in [0.1, 0.15) is 74.1 Å². The molecule has 4 heterocycles. The maximum absolute atomic E-state index is 13.2. The van der Waals surface area contributed by atoms with E-state index in [0.717, 1.165) is 89.2 Å². The van der Waals surface area contributed by atoms with Crippen LogP contribution in [0.15, 0.2) is 6.33 Å². The van der Waals surface area contributed by atoms with E-state index in [1.165, 1.54) is 6.33 Å². The Morgan fingerprint density at radius 3 is 2.16 bits per heavy atom. The summed E-state index contributed by atoms with van der Waals surface area (Å²) in [5.74, 6) is 0.644. The van der Waals surface area contributed by atoms with Gasteiger partial charge in [-0.3, -0.25) is 14.6 Å². The molecule has 1 amide bonds. The van der Waals surface area contributed by atoms with E-state index >= 15 is 0 Å². The molecule has 1 aromatic rings. The number of carbonyl (C=O) groups is 1. The van der Waals surface area contributed by atoms with Gasteiger partial charge in [0.1, 0.15) is 6.33 Å². The quantitative estimate of drug-likeness (QED) is 0.555. The minimum absolute atomic E-state index is 0.0619. The lowest BCUT2D eigenvalue weighted by molar-refractivity contribution is -0.0223. The Morgan fingerprint density at radius 2 is 1.59 bits per heavy atom. The van der Waals surface area contributed by atoms with E-state index in [1.807, 2.05) is 18.7 Å². The van der Waals surface area contributed by atoms with Gasteiger partial charge in [0.25, 0.3) is 5.91 Å². The first-order valence-corrected chi connectivity index (χ1v) is 15.6. The molecule has 1 aliphatic carbocycles. The number of rotatable bonds is 6. The molecule has 0 N–H and O–H groups in total. The van der Waals surface area contributed by atoms with Gasteiger partial charge >= 0.3 is 0 Å². The van der Waals surface area contributed by atoms with Crippen molar-refractivity contribution in [2.45, 2.75) is 83.1 Å². The third kappa shape index (κ3) is 5.58. The van der Waals surface area contributed by atoms with Crippen LogP contribution in [0.5, 0.6) is 0 Å². The Hall–Kier alpha value is -1.62. The van der Waals surface area contributed by atoms with Gasteiger partial charge in [0, 0.05) is 63.9 Å². The highest BCUT2D eigenvalue weighted by Crippen LogP contribution is 2.34. The fourth-order valence-electron chi connectivity index (χ4n) is 6.58. The smallest absolute Gasteiger partial charge is 0.257 e. The van der Waals surface area contributed by atoms with Gasteiger partial charge in [-0.25, -0.2) is 22.7 Å². The predicted octanol–water partition coefficient (Wildman–Crippen LogP) is 2.30. The number of piperazine rings is 1. The molecule has 0 spiro atoms. The summed E-state index contributed by atoms with van der Waals surface area (Å²) in [6, 6.07) is 0.477. The molecule has 1 atom stereocenters. The lowest BCUT2D eigenvalue weighted by Gasteiger charge is -2.52. The normalized spacial score (nSPS) is 26.9. The monoisotopic (exact) mass is 532 g/mol. The van der Waals surface area contributed by atoms with Crippen LogP contribution in [-0.4, -0.2) is 112 Å². The number of amides is 1. The molecule has 9 nitrogen and oxygen atoms in total. The number of hydrogen-bond donors (Lipinski definition) is 0. The molecule has 3 aliphatic heterocycles. The second-order valence-electron chi connectivity index (χ2n) is 12.1. The van der Waals surface area contributed by atoms with Crippen LogP contribution in [-0.2, 0) is 10.0 Å². The Kier molecular flexibility index (Phi) is 7.66. The molecule has 10 heteroatoms. The number of sulfonamides is 1. The largest absolute Gasteiger partial charge is 0.338 e. The standard InChI is InChI=1S/C27H44N6O3S/c1-20-17-32(16-15-31(20)18-23-7-11-33(12-8-23)37(35,36)24-5-6-24)27(4)9-13-30(14-10-27)26(34)25-21(2)28-19-29-22(25)3/h19-20,23-24H,5-18H2,1-4H3/t20-/m0/s1. The van der Waals surface area contributed by atoms with E-state index in [2.05, 4.69) is 33.6 Å². The number of nitrogens with zero attached hydrogens (tertiary/aromatic N) is 6. The lowest BCUT2D eigenvalue weighted by atomic mass is 9.86. The second-order valence-corrected chi connectivity index (χ2v) is 14.3. The van der Waals surface area contributed by atoms with Crippen molar-refractivity contribution in [1.82, 2.24) is 29.0 Å². The van der Waals surface area contributed by atoms with E-state index in [9.17, 15) is 13.2 Å². The summed E-state index contributed by atoms with van der Waals surface area (Å²) < 4.78 is 26.9. The summed E-state index contributed by atoms with van der Waals surface area (Å²) in [5.41, 5.74) is 2.28. The molecule has 3 saturated heterocycles. The van der Waals surface area contributed by atoms with Crippen molar-refractivity contribution >= 4 is 15.9 Å². The molecule has 0 unspecified atom stereocenters. The Morgan fingerprint density at radius 1 is 0.973 bits per heavy atom. The van der Waals surface area contributed by atoms with Crippen LogP contribution in [0.3, 0.4) is 0 Å². The molecule has 206 valence electrons. The summed E-state index contributed by atoms with van der Waals surface area (Å²) in [6.45, 7) is 15.6. The number of likely N-dealkylation sites (tertiary alicyclic amines) is 1. The molecule has 37 heavy (non-hydrogen) atoms. The number of aromatic nitrogens is 2. The lowest BCUT2D eigenvalue weighted by Crippen LogP contribution is -2.62. The zero-order valence-corrected chi connectivity index (χ0v) is 23.8. The van der Waals surface area contributed by atoms with Gasteiger partial charge < -0.3 is 4.90 Å². The number of hydrogen-bond acceptors (Lipinski definition) is 7. The highest BCUT2D eigenvalue weighted by Gasteiger charge is 2.43. The van der Waals surface area contributed by atoms with Gasteiger partial charge in [-0.2, -0.15) is 0 Å². The molecule has 0 bridgehead atoms. The first-order valence-electron chi connectivity index (χ1n) is 14.1. The highest BCUT2D eigenvalue weighted by atomic mass is 32.2. The van der Waals surface area contributed by atoms with Crippen LogP contribution < -0.4 is 0 Å². The number of carbonyl (C=O) groups excluding carboxylic acids is 1. The molecule has 4 fully saturated rings. The van der Waals surface area contributed by atoms with Gasteiger partial charge in [-0.15, -0.1) is 0 Å². The van der Waals surface area contributed by atoms with Crippen LogP contribution >= 0.6 is 0 Å². The summed E-state index contributed by atoms with van der Waals surface area (Å²) in [7, 11) is -3.03. The molecule has 0 aromatic carbocycles. The molecular weight excluding hydrogens is 488 g/mol. The SMILES string of the molecule is Cc1ncnc(C)c1C(=O)N1CCC(C)(N2CCN(CC3CCN(S(=O)(=O)C4CC4)CC3)[C@@H](C)C2)CC1. The van der Waals surface area contributed by atoms with Gasteiger partial charge in [-0.05, 0) is 72.1 Å². The van der Waals surface area contributed by atoms with Crippen molar-refractivity contribution in [1.29, 1.82) is 0 Å². The fourth-order valence-corrected chi connectivity index (χ4v) is 8.45. The molecule has 1 aromatic heterocycles. The van der Waals surface area contributed by atoms with Gasteiger partial charge in [-0.1, -0.05) is 0 Å². The van der Waals surface area contributed by atoms with Crippen molar-refractivity contribution in [2.75, 3.05) is 52.4 Å². The minimum atomic E-state index is -3.03. The van der Waals surface area contributed by atoms with Gasteiger partial charge in [0.05, 0.1) is 22.2 Å². The Labute approximate surface area is 222 Å². The van der Waals surface area contributed by atoms with Crippen LogP contribution in [0.2, 0.25) is 0 Å². The molecule has 5 rings (SSSR count). The van der Waals surface area contributed by atoms with E-state index in [0.29, 0.717) is 30.6 Å². The van der Waals surface area contributed by atoms with E-state index in [1.54, 1.807) is 4.31 Å². The third-order valence-electron chi connectivity index (χ3n) is 9.47. The zero-order valence-electron chi connectivity index (χ0n) is 23.0. The zero-order chi connectivity index (χ0) is 26.4. The van der Waals surface area contributed by atoms with Crippen molar-refractivity contribution in [2.24, 2.45) is 5.92 Å². The first-order chi connectivity index (χ1) is 17.6. The molecule has 4 aliphatic rings. The topological polar surface area (TPSA) is 90.0 Å². The molecule has 0 radical (unpaired) electrons. The third-order valence-corrected chi connectivity index (χ3v) is 11.9. The highest BCUT2D eigenvalue weighted by molar-refractivity contribution is 7.90. The Balaban J connectivity index is 1.10. The predicted molar refractivity (Wildman–Crippen MR) is 144 cm³/mol. The Bertz CT molecular complexity index is 1070. The maximum atomic E-state index is 13.2. The van der Waals surface area contributed by atoms with Crippen LogP contribution in [0.25, 0.3) is 0 Å². The van der Waals surface area contributed by atoms with Crippen molar-refractivity contribution in [3.63, 3.8) is 0 Å². The van der Waals surface area contributed by atoms with Gasteiger partial charge in [0.15, 0.2) is 0 Å². The minimum Gasteiger partial charge on any atom is -0.338 e. The summed E-state index contributed by atoms with van der Waals surface area (Å²) in [6.07, 6.45) is 7.13.